The molecule has 0 atom stereocenters. The van der Waals surface area contributed by atoms with Gasteiger partial charge in [0.1, 0.15) is 4.99 Å². The lowest BCUT2D eigenvalue weighted by molar-refractivity contribution is 0.427. The maximum atomic E-state index is 5.84. The number of nitrogens with two attached hydrogens (primary N) is 1. The third-order valence-corrected chi connectivity index (χ3v) is 4.14. The van der Waals surface area contributed by atoms with Crippen molar-refractivity contribution < 1.29 is 0 Å². The normalized spacial score (nSPS) is 16.6. The monoisotopic (exact) mass is 262 g/mol. The first-order chi connectivity index (χ1) is 8.59. The number of anilines is 1. The van der Waals surface area contributed by atoms with Crippen molar-refractivity contribution in [2.75, 3.05) is 11.9 Å². The molecule has 2 N–H and O–H groups in total. The SMILES string of the molecule is Cc1ccc(C(N)=S)c(N(C)C2CCCCC2)c1. The zero-order chi connectivity index (χ0) is 13.1. The maximum absolute atomic E-state index is 5.84. The van der Waals surface area contributed by atoms with E-state index in [4.69, 9.17) is 18.0 Å². The second-order valence-corrected chi connectivity index (χ2v) is 5.73. The third-order valence-electron chi connectivity index (χ3n) is 3.92. The minimum Gasteiger partial charge on any atom is -0.389 e. The van der Waals surface area contributed by atoms with Gasteiger partial charge in [-0.1, -0.05) is 37.5 Å². The summed E-state index contributed by atoms with van der Waals surface area (Å²) in [5.74, 6) is 0. The van der Waals surface area contributed by atoms with Gasteiger partial charge in [0, 0.05) is 24.3 Å². The van der Waals surface area contributed by atoms with Crippen LogP contribution in [0, 0.1) is 6.92 Å². The average Bonchev–Trinajstić information content (AvgIpc) is 2.38. The maximum Gasteiger partial charge on any atom is 0.106 e. The van der Waals surface area contributed by atoms with E-state index in [0.29, 0.717) is 11.0 Å². The summed E-state index contributed by atoms with van der Waals surface area (Å²) in [6.07, 6.45) is 6.61. The van der Waals surface area contributed by atoms with E-state index < -0.39 is 0 Å². The number of benzene rings is 1. The highest BCUT2D eigenvalue weighted by Gasteiger charge is 2.20. The Labute approximate surface area is 115 Å². The minimum absolute atomic E-state index is 0.493. The molecule has 1 saturated carbocycles. The molecule has 0 aromatic heterocycles. The van der Waals surface area contributed by atoms with Crippen LogP contribution >= 0.6 is 12.2 Å². The van der Waals surface area contributed by atoms with Crippen LogP contribution in [0.3, 0.4) is 0 Å². The molecule has 0 saturated heterocycles. The van der Waals surface area contributed by atoms with Gasteiger partial charge in [-0.05, 0) is 37.5 Å². The number of thiocarbonyl (C=S) groups is 1. The van der Waals surface area contributed by atoms with Gasteiger partial charge in [-0.15, -0.1) is 0 Å². The van der Waals surface area contributed by atoms with Gasteiger partial charge in [0.25, 0.3) is 0 Å². The third kappa shape index (κ3) is 2.83. The number of nitrogens with zero attached hydrogens (tertiary/aromatic N) is 1. The summed E-state index contributed by atoms with van der Waals surface area (Å²) in [6.45, 7) is 2.11. The predicted octanol–water partition coefficient (Wildman–Crippen LogP) is 3.40. The molecule has 0 radical (unpaired) electrons. The minimum atomic E-state index is 0.493. The fraction of sp³-hybridized carbons (Fsp3) is 0.533. The van der Waals surface area contributed by atoms with Crippen molar-refractivity contribution in [1.29, 1.82) is 0 Å². The van der Waals surface area contributed by atoms with Gasteiger partial charge in [-0.25, -0.2) is 0 Å². The number of rotatable bonds is 3. The van der Waals surface area contributed by atoms with E-state index >= 15 is 0 Å². The fourth-order valence-corrected chi connectivity index (χ4v) is 2.98. The number of hydrogen-bond donors (Lipinski definition) is 1. The number of aryl methyl sites for hydroxylation is 1. The standard InChI is InChI=1S/C15H22N2S/c1-11-8-9-13(15(16)18)14(10-11)17(2)12-6-4-3-5-7-12/h8-10,12H,3-7H2,1-2H3,(H2,16,18). The van der Waals surface area contributed by atoms with E-state index in [1.807, 2.05) is 6.07 Å². The lowest BCUT2D eigenvalue weighted by atomic mass is 9.93. The summed E-state index contributed by atoms with van der Waals surface area (Å²) < 4.78 is 0. The van der Waals surface area contributed by atoms with E-state index in [-0.39, 0.29) is 0 Å². The molecule has 0 heterocycles. The summed E-state index contributed by atoms with van der Waals surface area (Å²) in [5.41, 5.74) is 9.29. The molecule has 98 valence electrons. The molecule has 1 aromatic carbocycles. The van der Waals surface area contributed by atoms with Crippen molar-refractivity contribution in [3.8, 4) is 0 Å². The predicted molar refractivity (Wildman–Crippen MR) is 82.3 cm³/mol. The van der Waals surface area contributed by atoms with Gasteiger partial charge in [-0.3, -0.25) is 0 Å². The van der Waals surface area contributed by atoms with Crippen LogP contribution in [0.2, 0.25) is 0 Å². The van der Waals surface area contributed by atoms with Crippen molar-refractivity contribution in [3.63, 3.8) is 0 Å². The Morgan fingerprint density at radius 1 is 1.28 bits per heavy atom. The Hall–Kier alpha value is -1.09. The van der Waals surface area contributed by atoms with Crippen LogP contribution in [0.4, 0.5) is 5.69 Å². The largest absolute Gasteiger partial charge is 0.389 e. The molecule has 2 rings (SSSR count). The van der Waals surface area contributed by atoms with Crippen molar-refractivity contribution in [1.82, 2.24) is 0 Å². The van der Waals surface area contributed by atoms with Gasteiger partial charge in [0.05, 0.1) is 0 Å². The van der Waals surface area contributed by atoms with E-state index in [0.717, 1.165) is 5.56 Å². The summed E-state index contributed by atoms with van der Waals surface area (Å²) >= 11 is 5.16. The van der Waals surface area contributed by atoms with Gasteiger partial charge in [-0.2, -0.15) is 0 Å². The first-order valence-electron chi connectivity index (χ1n) is 6.73. The summed E-state index contributed by atoms with van der Waals surface area (Å²) in [4.78, 5) is 2.87. The van der Waals surface area contributed by atoms with Crippen LogP contribution in [0.5, 0.6) is 0 Å². The fourth-order valence-electron chi connectivity index (χ4n) is 2.81. The van der Waals surface area contributed by atoms with Gasteiger partial charge >= 0.3 is 0 Å². The summed E-state index contributed by atoms with van der Waals surface area (Å²) in [5, 5.41) is 0. The lowest BCUT2D eigenvalue weighted by Crippen LogP contribution is -2.34. The molecule has 1 fully saturated rings. The summed E-state index contributed by atoms with van der Waals surface area (Å²) in [7, 11) is 2.17. The summed E-state index contributed by atoms with van der Waals surface area (Å²) in [6, 6.07) is 6.95. The molecule has 1 aromatic rings. The highest BCUT2D eigenvalue weighted by Crippen LogP contribution is 2.29. The molecule has 2 nitrogen and oxygen atoms in total. The van der Waals surface area contributed by atoms with Crippen LogP contribution in [0.25, 0.3) is 0 Å². The Bertz CT molecular complexity index is 436. The Morgan fingerprint density at radius 3 is 2.56 bits per heavy atom. The van der Waals surface area contributed by atoms with Crippen molar-refractivity contribution in [2.45, 2.75) is 45.1 Å². The second kappa shape index (κ2) is 5.70. The molecule has 0 amide bonds. The Kier molecular flexibility index (Phi) is 4.23. The van der Waals surface area contributed by atoms with Gasteiger partial charge in [0.2, 0.25) is 0 Å². The highest BCUT2D eigenvalue weighted by atomic mass is 32.1. The van der Waals surface area contributed by atoms with E-state index in [2.05, 4.69) is 31.0 Å². The molecule has 0 bridgehead atoms. The average molecular weight is 262 g/mol. The molecular weight excluding hydrogens is 240 g/mol. The van der Waals surface area contributed by atoms with E-state index in [1.165, 1.54) is 43.4 Å². The molecule has 1 aliphatic rings. The van der Waals surface area contributed by atoms with Crippen molar-refractivity contribution in [2.24, 2.45) is 5.73 Å². The smallest absolute Gasteiger partial charge is 0.106 e. The molecule has 0 spiro atoms. The molecular formula is C15H22N2S. The topological polar surface area (TPSA) is 29.3 Å². The van der Waals surface area contributed by atoms with Crippen LogP contribution in [-0.2, 0) is 0 Å². The van der Waals surface area contributed by atoms with Crippen molar-refractivity contribution in [3.05, 3.63) is 29.3 Å². The van der Waals surface area contributed by atoms with Gasteiger partial charge in [0.15, 0.2) is 0 Å². The second-order valence-electron chi connectivity index (χ2n) is 5.29. The molecule has 0 unspecified atom stereocenters. The van der Waals surface area contributed by atoms with Crippen LogP contribution < -0.4 is 10.6 Å². The van der Waals surface area contributed by atoms with Crippen LogP contribution in [0.15, 0.2) is 18.2 Å². The number of hydrogen-bond acceptors (Lipinski definition) is 2. The molecule has 3 heteroatoms. The van der Waals surface area contributed by atoms with E-state index in [1.54, 1.807) is 0 Å². The Balaban J connectivity index is 2.30. The quantitative estimate of drug-likeness (QED) is 0.847. The highest BCUT2D eigenvalue weighted by molar-refractivity contribution is 7.80. The molecule has 18 heavy (non-hydrogen) atoms. The lowest BCUT2D eigenvalue weighted by Gasteiger charge is -2.34. The zero-order valence-corrected chi connectivity index (χ0v) is 12.1. The Morgan fingerprint density at radius 2 is 1.94 bits per heavy atom. The molecule has 0 aliphatic heterocycles. The zero-order valence-electron chi connectivity index (χ0n) is 11.3. The van der Waals surface area contributed by atoms with Gasteiger partial charge < -0.3 is 10.6 Å². The first-order valence-corrected chi connectivity index (χ1v) is 7.13. The molecule has 1 aliphatic carbocycles. The first kappa shape index (κ1) is 13.3. The van der Waals surface area contributed by atoms with E-state index in [9.17, 15) is 0 Å². The van der Waals surface area contributed by atoms with Crippen LogP contribution in [0.1, 0.15) is 43.2 Å². The van der Waals surface area contributed by atoms with Crippen LogP contribution in [-0.4, -0.2) is 18.1 Å². The van der Waals surface area contributed by atoms with Crippen molar-refractivity contribution >= 4 is 22.9 Å².